The zero-order chi connectivity index (χ0) is 19.4. The number of hydrogen-bond acceptors (Lipinski definition) is 3. The lowest BCUT2D eigenvalue weighted by Crippen LogP contribution is -2.32. The summed E-state index contributed by atoms with van der Waals surface area (Å²) in [5.74, 6) is 5.46. The van der Waals surface area contributed by atoms with Crippen molar-refractivity contribution in [2.24, 2.45) is 5.92 Å². The Morgan fingerprint density at radius 2 is 2.15 bits per heavy atom. The molecule has 0 aromatic carbocycles. The Morgan fingerprint density at radius 1 is 1.38 bits per heavy atom. The molecule has 0 aromatic rings. The standard InChI is InChI=1S/C21H31NO4/c1-3-4-7-10-17(2)19(23)14-12-18-13-15-20(24)22(18)16-9-6-5-8-11-21(25)26/h6,9,12,14,17-19,23H,3,5,8,10-11,13,15-16H2,1-2H3,(H,25,26)/b9-6?,14-12+/t17?,18-,19?/m0/s1. The Kier molecular flexibility index (Phi) is 10.4. The average molecular weight is 361 g/mol. The van der Waals surface area contributed by atoms with E-state index in [2.05, 4.69) is 11.8 Å². The predicted octanol–water partition coefficient (Wildman–Crippen LogP) is 3.15. The number of unbranched alkanes of at least 4 members (excludes halogenated alkanes) is 1. The van der Waals surface area contributed by atoms with Crippen LogP contribution < -0.4 is 0 Å². The van der Waals surface area contributed by atoms with E-state index >= 15 is 0 Å². The zero-order valence-electron chi connectivity index (χ0n) is 15.9. The Balaban J connectivity index is 2.47. The third kappa shape index (κ3) is 8.35. The molecule has 1 saturated heterocycles. The largest absolute Gasteiger partial charge is 0.481 e. The van der Waals surface area contributed by atoms with Crippen LogP contribution in [0.5, 0.6) is 0 Å². The fraction of sp³-hybridized carbons (Fsp3) is 0.619. The number of carbonyl (C=O) groups excluding carboxylic acids is 1. The van der Waals surface area contributed by atoms with Gasteiger partial charge < -0.3 is 15.1 Å². The number of carbonyl (C=O) groups is 2. The first-order valence-corrected chi connectivity index (χ1v) is 9.44. The lowest BCUT2D eigenvalue weighted by molar-refractivity contribution is -0.137. The number of amides is 1. The van der Waals surface area contributed by atoms with Crippen molar-refractivity contribution in [1.29, 1.82) is 0 Å². The van der Waals surface area contributed by atoms with Gasteiger partial charge in [-0.15, -0.1) is 11.8 Å². The number of likely N-dealkylation sites (tertiary alicyclic amines) is 1. The molecular weight excluding hydrogens is 330 g/mol. The second kappa shape index (κ2) is 12.3. The number of allylic oxidation sites excluding steroid dienone is 1. The molecule has 1 aliphatic heterocycles. The van der Waals surface area contributed by atoms with Crippen LogP contribution in [-0.2, 0) is 9.59 Å². The number of aliphatic hydroxyl groups excluding tert-OH is 1. The van der Waals surface area contributed by atoms with E-state index in [-0.39, 0.29) is 24.3 Å². The molecule has 5 heteroatoms. The second-order valence-electron chi connectivity index (χ2n) is 6.67. The third-order valence-corrected chi connectivity index (χ3v) is 4.44. The highest BCUT2D eigenvalue weighted by atomic mass is 16.4. The zero-order valence-corrected chi connectivity index (χ0v) is 15.9. The molecular formula is C21H31NO4. The summed E-state index contributed by atoms with van der Waals surface area (Å²) in [5.41, 5.74) is 0. The normalized spacial score (nSPS) is 19.7. The van der Waals surface area contributed by atoms with Crippen LogP contribution in [0.4, 0.5) is 0 Å². The molecule has 1 heterocycles. The molecule has 0 aliphatic carbocycles. The van der Waals surface area contributed by atoms with E-state index in [1.54, 1.807) is 11.0 Å². The SMILES string of the molecule is CCC#CCC(C)C(O)/C=C/[C@H]1CCC(=O)N1CC=CCCCC(=O)O. The molecule has 0 aromatic heterocycles. The average Bonchev–Trinajstić information content (AvgIpc) is 2.95. The van der Waals surface area contributed by atoms with Gasteiger partial charge in [0.25, 0.3) is 0 Å². The molecule has 0 radical (unpaired) electrons. The minimum Gasteiger partial charge on any atom is -0.481 e. The lowest BCUT2D eigenvalue weighted by Gasteiger charge is -2.21. The first kappa shape index (κ1) is 22.0. The highest BCUT2D eigenvalue weighted by Crippen LogP contribution is 2.20. The molecule has 0 saturated carbocycles. The summed E-state index contributed by atoms with van der Waals surface area (Å²) >= 11 is 0. The second-order valence-corrected chi connectivity index (χ2v) is 6.67. The van der Waals surface area contributed by atoms with Gasteiger partial charge in [0.1, 0.15) is 0 Å². The van der Waals surface area contributed by atoms with E-state index in [4.69, 9.17) is 5.11 Å². The van der Waals surface area contributed by atoms with Crippen molar-refractivity contribution in [2.75, 3.05) is 6.54 Å². The van der Waals surface area contributed by atoms with E-state index in [0.29, 0.717) is 32.2 Å². The monoisotopic (exact) mass is 361 g/mol. The minimum absolute atomic E-state index is 0.00902. The molecule has 1 fully saturated rings. The lowest BCUT2D eigenvalue weighted by atomic mass is 10.00. The van der Waals surface area contributed by atoms with Crippen LogP contribution in [0.15, 0.2) is 24.3 Å². The molecule has 2 unspecified atom stereocenters. The number of carboxylic acids is 1. The first-order chi connectivity index (χ1) is 12.5. The van der Waals surface area contributed by atoms with Crippen LogP contribution in [0.2, 0.25) is 0 Å². The highest BCUT2D eigenvalue weighted by molar-refractivity contribution is 5.79. The first-order valence-electron chi connectivity index (χ1n) is 9.44. The third-order valence-electron chi connectivity index (χ3n) is 4.44. The summed E-state index contributed by atoms with van der Waals surface area (Å²) < 4.78 is 0. The molecule has 3 atom stereocenters. The van der Waals surface area contributed by atoms with Gasteiger partial charge in [-0.1, -0.05) is 38.2 Å². The predicted molar refractivity (Wildman–Crippen MR) is 102 cm³/mol. The Labute approximate surface area is 156 Å². The van der Waals surface area contributed by atoms with Crippen molar-refractivity contribution < 1.29 is 19.8 Å². The maximum atomic E-state index is 12.0. The highest BCUT2D eigenvalue weighted by Gasteiger charge is 2.28. The van der Waals surface area contributed by atoms with Gasteiger partial charge in [0.15, 0.2) is 0 Å². The number of carboxylic acid groups (broad SMARTS) is 1. The summed E-state index contributed by atoms with van der Waals surface area (Å²) in [6.45, 7) is 4.49. The van der Waals surface area contributed by atoms with Crippen molar-refractivity contribution in [3.05, 3.63) is 24.3 Å². The number of aliphatic carboxylic acids is 1. The molecule has 144 valence electrons. The van der Waals surface area contributed by atoms with Crippen molar-refractivity contribution in [1.82, 2.24) is 4.90 Å². The van der Waals surface area contributed by atoms with Gasteiger partial charge >= 0.3 is 5.97 Å². The Morgan fingerprint density at radius 3 is 2.85 bits per heavy atom. The number of rotatable bonds is 10. The number of aliphatic hydroxyl groups is 1. The molecule has 0 spiro atoms. The van der Waals surface area contributed by atoms with Gasteiger partial charge in [-0.05, 0) is 25.2 Å². The Bertz CT molecular complexity index is 570. The van der Waals surface area contributed by atoms with E-state index in [1.165, 1.54) is 0 Å². The van der Waals surface area contributed by atoms with Crippen molar-refractivity contribution in [3.8, 4) is 11.8 Å². The van der Waals surface area contributed by atoms with Crippen LogP contribution in [-0.4, -0.2) is 45.7 Å². The van der Waals surface area contributed by atoms with E-state index in [0.717, 1.165) is 12.8 Å². The van der Waals surface area contributed by atoms with Gasteiger partial charge in [-0.25, -0.2) is 0 Å². The quantitative estimate of drug-likeness (QED) is 0.356. The number of hydrogen-bond donors (Lipinski definition) is 2. The molecule has 5 nitrogen and oxygen atoms in total. The van der Waals surface area contributed by atoms with Gasteiger partial charge in [0.05, 0.1) is 12.1 Å². The molecule has 26 heavy (non-hydrogen) atoms. The van der Waals surface area contributed by atoms with E-state index < -0.39 is 12.1 Å². The van der Waals surface area contributed by atoms with Gasteiger partial charge in [-0.3, -0.25) is 9.59 Å². The van der Waals surface area contributed by atoms with Gasteiger partial charge in [0.2, 0.25) is 5.91 Å². The van der Waals surface area contributed by atoms with Crippen LogP contribution in [0, 0.1) is 17.8 Å². The molecule has 2 N–H and O–H groups in total. The Hall–Kier alpha value is -2.06. The molecule has 1 aliphatic rings. The maximum Gasteiger partial charge on any atom is 0.303 e. The van der Waals surface area contributed by atoms with Crippen LogP contribution in [0.25, 0.3) is 0 Å². The smallest absolute Gasteiger partial charge is 0.303 e. The molecule has 0 bridgehead atoms. The van der Waals surface area contributed by atoms with Crippen LogP contribution in [0.3, 0.4) is 0 Å². The summed E-state index contributed by atoms with van der Waals surface area (Å²) in [6, 6.07) is 0.00902. The summed E-state index contributed by atoms with van der Waals surface area (Å²) in [6.07, 6.45) is 11.2. The molecule has 1 amide bonds. The van der Waals surface area contributed by atoms with Crippen LogP contribution in [0.1, 0.15) is 58.8 Å². The van der Waals surface area contributed by atoms with Gasteiger partial charge in [0, 0.05) is 32.2 Å². The van der Waals surface area contributed by atoms with E-state index in [1.807, 2.05) is 32.1 Å². The fourth-order valence-corrected chi connectivity index (χ4v) is 2.78. The van der Waals surface area contributed by atoms with Crippen molar-refractivity contribution in [3.63, 3.8) is 0 Å². The van der Waals surface area contributed by atoms with Crippen LogP contribution >= 0.6 is 0 Å². The van der Waals surface area contributed by atoms with Crippen molar-refractivity contribution in [2.45, 2.75) is 70.9 Å². The fourth-order valence-electron chi connectivity index (χ4n) is 2.78. The topological polar surface area (TPSA) is 77.8 Å². The summed E-state index contributed by atoms with van der Waals surface area (Å²) in [7, 11) is 0. The minimum atomic E-state index is -0.785. The van der Waals surface area contributed by atoms with Gasteiger partial charge in [-0.2, -0.15) is 0 Å². The maximum absolute atomic E-state index is 12.0. The van der Waals surface area contributed by atoms with E-state index in [9.17, 15) is 14.7 Å². The summed E-state index contributed by atoms with van der Waals surface area (Å²) in [4.78, 5) is 24.3. The molecule has 1 rings (SSSR count). The summed E-state index contributed by atoms with van der Waals surface area (Å²) in [5, 5.41) is 18.8. The van der Waals surface area contributed by atoms with Crippen molar-refractivity contribution >= 4 is 11.9 Å². The number of nitrogens with zero attached hydrogens (tertiary/aromatic N) is 1.